The van der Waals surface area contributed by atoms with Gasteiger partial charge in [0.25, 0.3) is 0 Å². The summed E-state index contributed by atoms with van der Waals surface area (Å²) in [6.07, 6.45) is 0.302. The fourth-order valence-electron chi connectivity index (χ4n) is 2.90. The molecule has 2 unspecified atom stereocenters. The number of hydrogen-bond acceptors (Lipinski definition) is 5. The van der Waals surface area contributed by atoms with Gasteiger partial charge in [0.05, 0.1) is 17.6 Å². The smallest absolute Gasteiger partial charge is 0.238 e. The summed E-state index contributed by atoms with van der Waals surface area (Å²) in [4.78, 5) is 11.7. The molecule has 1 aliphatic heterocycles. The lowest BCUT2D eigenvalue weighted by Crippen LogP contribution is -2.35. The van der Waals surface area contributed by atoms with Crippen LogP contribution in [-0.2, 0) is 11.3 Å². The fraction of sp³-hybridized carbons (Fsp3) is 0.350. The van der Waals surface area contributed by atoms with Gasteiger partial charge in [0.1, 0.15) is 5.75 Å². The predicted molar refractivity (Wildman–Crippen MR) is 106 cm³/mol. The Kier molecular flexibility index (Phi) is 6.58. The summed E-state index contributed by atoms with van der Waals surface area (Å²) in [5.74, 6) is 1.95. The zero-order chi connectivity index (χ0) is 19.2. The number of para-hydroxylation sites is 1. The Balaban J connectivity index is 1.67. The molecule has 144 valence electrons. The number of methoxy groups -OCH3 is 1. The summed E-state index contributed by atoms with van der Waals surface area (Å²) in [5, 5.41) is 6.09. The Labute approximate surface area is 167 Å². The molecule has 6 nitrogen and oxygen atoms in total. The van der Waals surface area contributed by atoms with E-state index in [1.54, 1.807) is 7.11 Å². The van der Waals surface area contributed by atoms with Crippen molar-refractivity contribution in [3.63, 3.8) is 0 Å². The molecule has 1 heterocycles. The van der Waals surface area contributed by atoms with Gasteiger partial charge >= 0.3 is 0 Å². The highest BCUT2D eigenvalue weighted by atomic mass is 79.9. The summed E-state index contributed by atoms with van der Waals surface area (Å²) >= 11 is 3.55. The van der Waals surface area contributed by atoms with E-state index in [0.29, 0.717) is 18.0 Å². The van der Waals surface area contributed by atoms with Crippen LogP contribution in [0.15, 0.2) is 46.9 Å². The van der Waals surface area contributed by atoms with E-state index in [1.165, 1.54) is 0 Å². The lowest BCUT2D eigenvalue weighted by Gasteiger charge is -2.20. The summed E-state index contributed by atoms with van der Waals surface area (Å²) in [6.45, 7) is 3.10. The third kappa shape index (κ3) is 5.14. The molecule has 2 N–H and O–H groups in total. The van der Waals surface area contributed by atoms with Gasteiger partial charge in [-0.1, -0.05) is 18.2 Å². The quantitative estimate of drug-likeness (QED) is 0.624. The van der Waals surface area contributed by atoms with Crippen LogP contribution in [0, 0.1) is 0 Å². The van der Waals surface area contributed by atoms with Gasteiger partial charge < -0.3 is 24.8 Å². The van der Waals surface area contributed by atoms with E-state index < -0.39 is 6.29 Å². The van der Waals surface area contributed by atoms with Crippen LogP contribution in [-0.4, -0.2) is 31.9 Å². The largest absolute Gasteiger partial charge is 0.493 e. The molecule has 7 heteroatoms. The van der Waals surface area contributed by atoms with Crippen LogP contribution in [0.2, 0.25) is 0 Å². The molecule has 3 rings (SSSR count). The normalized spacial score (nSPS) is 17.3. The van der Waals surface area contributed by atoms with Crippen LogP contribution in [0.5, 0.6) is 17.2 Å². The van der Waals surface area contributed by atoms with E-state index >= 15 is 0 Å². The minimum absolute atomic E-state index is 0.0490. The van der Waals surface area contributed by atoms with Crippen molar-refractivity contribution in [2.24, 2.45) is 0 Å². The number of carbonyl (C=O) groups is 1. The summed E-state index contributed by atoms with van der Waals surface area (Å²) in [7, 11) is 1.60. The van der Waals surface area contributed by atoms with E-state index in [9.17, 15) is 4.79 Å². The van der Waals surface area contributed by atoms with Crippen molar-refractivity contribution in [1.82, 2.24) is 10.6 Å². The van der Waals surface area contributed by atoms with Crippen molar-refractivity contribution in [3.8, 4) is 17.2 Å². The van der Waals surface area contributed by atoms with Crippen LogP contribution in [0.4, 0.5) is 0 Å². The van der Waals surface area contributed by atoms with E-state index in [0.717, 1.165) is 28.8 Å². The minimum atomic E-state index is -0.497. The van der Waals surface area contributed by atoms with Crippen LogP contribution in [0.1, 0.15) is 18.9 Å². The molecule has 1 fully saturated rings. The van der Waals surface area contributed by atoms with Crippen LogP contribution >= 0.6 is 15.9 Å². The van der Waals surface area contributed by atoms with E-state index in [2.05, 4.69) is 26.6 Å². The number of benzene rings is 2. The number of hydrogen-bond donors (Lipinski definition) is 2. The van der Waals surface area contributed by atoms with Crippen LogP contribution in [0.3, 0.4) is 0 Å². The Morgan fingerprint density at radius 3 is 2.70 bits per heavy atom. The van der Waals surface area contributed by atoms with Gasteiger partial charge in [-0.25, -0.2) is 0 Å². The van der Waals surface area contributed by atoms with Crippen molar-refractivity contribution < 1.29 is 19.0 Å². The highest BCUT2D eigenvalue weighted by molar-refractivity contribution is 9.10. The minimum Gasteiger partial charge on any atom is -0.493 e. The molecule has 2 aromatic carbocycles. The molecule has 1 aliphatic rings. The second kappa shape index (κ2) is 9.10. The number of halogens is 1. The first-order chi connectivity index (χ1) is 13.1. The van der Waals surface area contributed by atoms with Crippen molar-refractivity contribution in [1.29, 1.82) is 0 Å². The Morgan fingerprint density at radius 2 is 2.04 bits per heavy atom. The van der Waals surface area contributed by atoms with Gasteiger partial charge in [-0.15, -0.1) is 0 Å². The fourth-order valence-corrected chi connectivity index (χ4v) is 3.48. The molecule has 0 saturated carbocycles. The number of rotatable bonds is 8. The molecule has 0 spiro atoms. The molecule has 1 amide bonds. The molecule has 0 radical (unpaired) electrons. The Morgan fingerprint density at radius 1 is 1.26 bits per heavy atom. The predicted octanol–water partition coefficient (Wildman–Crippen LogP) is 3.24. The van der Waals surface area contributed by atoms with Crippen molar-refractivity contribution in [2.45, 2.75) is 32.2 Å². The van der Waals surface area contributed by atoms with Gasteiger partial charge in [-0.2, -0.15) is 0 Å². The van der Waals surface area contributed by atoms with E-state index in [4.69, 9.17) is 14.2 Å². The lowest BCUT2D eigenvalue weighted by molar-refractivity contribution is -0.120. The SMILES string of the molecule is COc1cc(CNC2CCNC2=O)cc(Br)c1OC(C)Oc1ccccc1. The van der Waals surface area contributed by atoms with Gasteiger partial charge in [0.15, 0.2) is 11.5 Å². The van der Waals surface area contributed by atoms with E-state index in [-0.39, 0.29) is 11.9 Å². The van der Waals surface area contributed by atoms with Gasteiger partial charge in [0.2, 0.25) is 12.2 Å². The zero-order valence-electron chi connectivity index (χ0n) is 15.3. The first-order valence-electron chi connectivity index (χ1n) is 8.82. The number of ether oxygens (including phenoxy) is 3. The second-order valence-electron chi connectivity index (χ2n) is 6.24. The third-order valence-electron chi connectivity index (χ3n) is 4.22. The van der Waals surface area contributed by atoms with Gasteiger partial charge in [0, 0.05) is 20.0 Å². The molecular formula is C20H23BrN2O4. The highest BCUT2D eigenvalue weighted by Gasteiger charge is 2.23. The Hall–Kier alpha value is -2.25. The molecular weight excluding hydrogens is 412 g/mol. The summed E-state index contributed by atoms with van der Waals surface area (Å²) in [6, 6.07) is 13.2. The van der Waals surface area contributed by atoms with Crippen molar-refractivity contribution in [3.05, 3.63) is 52.5 Å². The molecule has 2 aromatic rings. The van der Waals surface area contributed by atoms with Crippen molar-refractivity contribution >= 4 is 21.8 Å². The van der Waals surface area contributed by atoms with Gasteiger partial charge in [-0.3, -0.25) is 4.79 Å². The molecule has 2 atom stereocenters. The van der Waals surface area contributed by atoms with Crippen molar-refractivity contribution in [2.75, 3.05) is 13.7 Å². The standard InChI is InChI=1S/C20H23BrN2O4/c1-13(26-15-6-4-3-5-7-15)27-19-16(21)10-14(11-18(19)25-2)12-23-17-8-9-22-20(17)24/h3-7,10-11,13,17,23H,8-9,12H2,1-2H3,(H,22,24). The highest BCUT2D eigenvalue weighted by Crippen LogP contribution is 2.37. The molecule has 27 heavy (non-hydrogen) atoms. The Bertz CT molecular complexity index is 785. The molecule has 0 aromatic heterocycles. The van der Waals surface area contributed by atoms with Crippen LogP contribution < -0.4 is 24.8 Å². The average Bonchev–Trinajstić information content (AvgIpc) is 3.07. The number of carbonyl (C=O) groups excluding carboxylic acids is 1. The van der Waals surface area contributed by atoms with E-state index in [1.807, 2.05) is 49.4 Å². The average molecular weight is 435 g/mol. The van der Waals surface area contributed by atoms with Gasteiger partial charge in [-0.05, 0) is 52.2 Å². The summed E-state index contributed by atoms with van der Waals surface area (Å²) < 4.78 is 18.0. The first-order valence-corrected chi connectivity index (χ1v) is 9.62. The monoisotopic (exact) mass is 434 g/mol. The maximum Gasteiger partial charge on any atom is 0.238 e. The van der Waals surface area contributed by atoms with Crippen LogP contribution in [0.25, 0.3) is 0 Å². The zero-order valence-corrected chi connectivity index (χ0v) is 16.9. The molecule has 1 saturated heterocycles. The summed E-state index contributed by atoms with van der Waals surface area (Å²) in [5.41, 5.74) is 0.988. The lowest BCUT2D eigenvalue weighted by atomic mass is 10.1. The third-order valence-corrected chi connectivity index (χ3v) is 4.81. The molecule has 0 aliphatic carbocycles. The maximum atomic E-state index is 11.7. The number of amides is 1. The topological polar surface area (TPSA) is 68.8 Å². The maximum absolute atomic E-state index is 11.7. The molecule has 0 bridgehead atoms. The first kappa shape index (κ1) is 19.5. The number of nitrogens with one attached hydrogen (secondary N) is 2. The second-order valence-corrected chi connectivity index (χ2v) is 7.09.